The van der Waals surface area contributed by atoms with Gasteiger partial charge in [-0.2, -0.15) is 5.10 Å². The smallest absolute Gasteiger partial charge is 0.108 e. The zero-order valence-electron chi connectivity index (χ0n) is 5.04. The summed E-state index contributed by atoms with van der Waals surface area (Å²) in [5, 5.41) is 7.03. The minimum atomic E-state index is 0.970. The number of nitrogens with two attached hydrogens (primary N) is 1. The molecule has 0 rings (SSSR count). The Labute approximate surface area is 49.3 Å². The Morgan fingerprint density at radius 3 is 2.75 bits per heavy atom. The summed E-state index contributed by atoms with van der Waals surface area (Å²) in [5.74, 6) is 0. The third-order valence-electron chi connectivity index (χ3n) is 0.633. The fraction of sp³-hybridized carbons (Fsp3) is 0.600. The summed E-state index contributed by atoms with van der Waals surface area (Å²) in [6, 6.07) is 0. The summed E-state index contributed by atoms with van der Waals surface area (Å²) in [5.41, 5.74) is 4.91. The number of rotatable bonds is 3. The highest BCUT2D eigenvalue weighted by atomic mass is 15.2. The maximum absolute atomic E-state index is 4.91. The lowest BCUT2D eigenvalue weighted by Gasteiger charge is -1.77. The van der Waals surface area contributed by atoms with E-state index in [0.29, 0.717) is 0 Å². The Bertz CT molecular complexity index is 85.7. The van der Waals surface area contributed by atoms with E-state index in [1.807, 2.05) is 0 Å². The lowest BCUT2D eigenvalue weighted by molar-refractivity contribution is 1.00. The topological polar surface area (TPSA) is 50.7 Å². The van der Waals surface area contributed by atoms with Crippen molar-refractivity contribution in [1.29, 1.82) is 0 Å². The van der Waals surface area contributed by atoms with Gasteiger partial charge in [0.1, 0.15) is 6.34 Å². The molecule has 0 unspecified atom stereocenters. The second-order valence-corrected chi connectivity index (χ2v) is 1.35. The van der Waals surface area contributed by atoms with E-state index >= 15 is 0 Å². The van der Waals surface area contributed by atoms with Crippen LogP contribution in [0.3, 0.4) is 0 Å². The molecule has 0 radical (unpaired) electrons. The predicted octanol–water partition coefficient (Wildman–Crippen LogP) is 0.759. The van der Waals surface area contributed by atoms with Crippen molar-refractivity contribution in [3.63, 3.8) is 0 Å². The van der Waals surface area contributed by atoms with Gasteiger partial charge in [-0.1, -0.05) is 13.3 Å². The first-order valence-electron chi connectivity index (χ1n) is 2.67. The zero-order chi connectivity index (χ0) is 6.24. The maximum atomic E-state index is 4.91. The Balaban J connectivity index is 3.07. The van der Waals surface area contributed by atoms with Crippen molar-refractivity contribution in [2.24, 2.45) is 15.9 Å². The summed E-state index contributed by atoms with van der Waals surface area (Å²) in [6.45, 7) is 2.08. The predicted molar refractivity (Wildman–Crippen MR) is 36.1 cm³/mol. The van der Waals surface area contributed by atoms with E-state index in [9.17, 15) is 0 Å². The van der Waals surface area contributed by atoms with E-state index in [1.165, 1.54) is 6.34 Å². The van der Waals surface area contributed by atoms with Crippen LogP contribution in [0.15, 0.2) is 10.2 Å². The van der Waals surface area contributed by atoms with Crippen LogP contribution in [0.25, 0.3) is 0 Å². The van der Waals surface area contributed by atoms with E-state index < -0.39 is 0 Å². The van der Waals surface area contributed by atoms with Crippen LogP contribution >= 0.6 is 0 Å². The largest absolute Gasteiger partial charge is 0.388 e. The lowest BCUT2D eigenvalue weighted by Crippen LogP contribution is -1.85. The molecule has 0 heterocycles. The second kappa shape index (κ2) is 6.14. The van der Waals surface area contributed by atoms with Crippen LogP contribution in [0.5, 0.6) is 0 Å². The first-order valence-corrected chi connectivity index (χ1v) is 2.67. The van der Waals surface area contributed by atoms with E-state index in [-0.39, 0.29) is 0 Å². The molecule has 0 bridgehead atoms. The fourth-order valence-electron chi connectivity index (χ4n) is 0.272. The highest BCUT2D eigenvalue weighted by Crippen LogP contribution is 1.79. The van der Waals surface area contributed by atoms with Crippen LogP contribution in [0, 0.1) is 0 Å². The molecule has 3 heteroatoms. The van der Waals surface area contributed by atoms with E-state index in [0.717, 1.165) is 12.8 Å². The van der Waals surface area contributed by atoms with Crippen molar-refractivity contribution in [3.05, 3.63) is 0 Å². The Hall–Kier alpha value is -0.860. The minimum absolute atomic E-state index is 0.970. The maximum Gasteiger partial charge on any atom is 0.108 e. The molecular weight excluding hydrogens is 102 g/mol. The molecule has 0 aliphatic heterocycles. The Morgan fingerprint density at radius 1 is 1.50 bits per heavy atom. The fourth-order valence-corrected chi connectivity index (χ4v) is 0.272. The molecule has 0 aliphatic rings. The molecule has 8 heavy (non-hydrogen) atoms. The van der Waals surface area contributed by atoms with Gasteiger partial charge in [-0.05, 0) is 6.42 Å². The van der Waals surface area contributed by atoms with Crippen molar-refractivity contribution in [2.75, 3.05) is 0 Å². The highest BCUT2D eigenvalue weighted by Gasteiger charge is 1.68. The second-order valence-electron chi connectivity index (χ2n) is 1.35. The third-order valence-corrected chi connectivity index (χ3v) is 0.633. The lowest BCUT2D eigenvalue weighted by atomic mass is 10.4. The molecule has 3 nitrogen and oxygen atoms in total. The summed E-state index contributed by atoms with van der Waals surface area (Å²) in [7, 11) is 0. The molecule has 0 aliphatic carbocycles. The van der Waals surface area contributed by atoms with Crippen LogP contribution in [-0.4, -0.2) is 12.6 Å². The molecule has 0 aromatic carbocycles. The van der Waals surface area contributed by atoms with Crippen LogP contribution < -0.4 is 5.73 Å². The molecule has 46 valence electrons. The van der Waals surface area contributed by atoms with Gasteiger partial charge in [0, 0.05) is 6.21 Å². The first kappa shape index (κ1) is 7.14. The van der Waals surface area contributed by atoms with Crippen molar-refractivity contribution in [2.45, 2.75) is 19.8 Å². The molecule has 0 aromatic rings. The van der Waals surface area contributed by atoms with E-state index in [4.69, 9.17) is 5.73 Å². The summed E-state index contributed by atoms with van der Waals surface area (Å²) < 4.78 is 0. The SMILES string of the molecule is CCC/C=N\N=C/N. The normalized spacial score (nSPS) is 11.6. The standard InChI is InChI=1S/C5H11N3/c1-2-3-4-7-8-5-6/h4-5H,2-3H2,1H3,(H2,6,8)/b7-4-. The number of nitrogens with zero attached hydrogens (tertiary/aromatic N) is 2. The highest BCUT2D eigenvalue weighted by molar-refractivity contribution is 5.59. The molecular formula is C5H11N3. The molecule has 0 aromatic heterocycles. The molecule has 2 N–H and O–H groups in total. The number of hydrogen-bond acceptors (Lipinski definition) is 2. The van der Waals surface area contributed by atoms with Crippen molar-refractivity contribution >= 4 is 12.6 Å². The van der Waals surface area contributed by atoms with Gasteiger partial charge >= 0.3 is 0 Å². The van der Waals surface area contributed by atoms with E-state index in [2.05, 4.69) is 17.1 Å². The number of unbranched alkanes of at least 4 members (excludes halogenated alkanes) is 1. The first-order chi connectivity index (χ1) is 3.91. The van der Waals surface area contributed by atoms with Crippen LogP contribution in [-0.2, 0) is 0 Å². The molecule has 0 fully saturated rings. The van der Waals surface area contributed by atoms with E-state index in [1.54, 1.807) is 6.21 Å². The molecule has 0 saturated carbocycles. The van der Waals surface area contributed by atoms with Crippen LogP contribution in [0.4, 0.5) is 0 Å². The van der Waals surface area contributed by atoms with Crippen molar-refractivity contribution in [3.8, 4) is 0 Å². The van der Waals surface area contributed by atoms with Gasteiger partial charge in [-0.3, -0.25) is 0 Å². The zero-order valence-corrected chi connectivity index (χ0v) is 5.04. The monoisotopic (exact) mass is 113 g/mol. The van der Waals surface area contributed by atoms with Crippen LogP contribution in [0.1, 0.15) is 19.8 Å². The van der Waals surface area contributed by atoms with Crippen molar-refractivity contribution < 1.29 is 0 Å². The average molecular weight is 113 g/mol. The third kappa shape index (κ3) is 5.14. The van der Waals surface area contributed by atoms with Gasteiger partial charge in [-0.25, -0.2) is 0 Å². The van der Waals surface area contributed by atoms with Gasteiger partial charge in [0.25, 0.3) is 0 Å². The summed E-state index contributed by atoms with van der Waals surface area (Å²) in [4.78, 5) is 0. The van der Waals surface area contributed by atoms with Crippen LogP contribution in [0.2, 0.25) is 0 Å². The summed E-state index contributed by atoms with van der Waals surface area (Å²) >= 11 is 0. The number of hydrogen-bond donors (Lipinski definition) is 1. The quantitative estimate of drug-likeness (QED) is 0.328. The average Bonchev–Trinajstić information content (AvgIpc) is 1.81. The summed E-state index contributed by atoms with van der Waals surface area (Å²) in [6.07, 6.45) is 4.98. The molecule has 0 saturated heterocycles. The van der Waals surface area contributed by atoms with Gasteiger partial charge in [0.05, 0.1) is 0 Å². The molecule has 0 amide bonds. The van der Waals surface area contributed by atoms with Gasteiger partial charge in [0.15, 0.2) is 0 Å². The van der Waals surface area contributed by atoms with Gasteiger partial charge < -0.3 is 5.73 Å². The Morgan fingerprint density at radius 2 is 2.25 bits per heavy atom. The van der Waals surface area contributed by atoms with Crippen molar-refractivity contribution in [1.82, 2.24) is 0 Å². The Kier molecular flexibility index (Phi) is 5.48. The minimum Gasteiger partial charge on any atom is -0.388 e. The van der Waals surface area contributed by atoms with Gasteiger partial charge in [0.2, 0.25) is 0 Å². The molecule has 0 spiro atoms. The molecule has 0 atom stereocenters. The van der Waals surface area contributed by atoms with Gasteiger partial charge in [-0.15, -0.1) is 5.10 Å².